The third kappa shape index (κ3) is 3.39. The molecule has 1 atom stereocenters. The number of rotatable bonds is 3. The number of pyridine rings is 1. The summed E-state index contributed by atoms with van der Waals surface area (Å²) < 4.78 is 6.01. The van der Waals surface area contributed by atoms with Gasteiger partial charge in [0.25, 0.3) is 11.5 Å². The van der Waals surface area contributed by atoms with Crippen LogP contribution in [0.15, 0.2) is 35.4 Å². The molecule has 1 aliphatic heterocycles. The van der Waals surface area contributed by atoms with Crippen molar-refractivity contribution in [2.75, 3.05) is 6.61 Å². The van der Waals surface area contributed by atoms with Crippen molar-refractivity contribution in [2.45, 2.75) is 50.2 Å². The van der Waals surface area contributed by atoms with Gasteiger partial charge in [0.2, 0.25) is 0 Å². The van der Waals surface area contributed by atoms with E-state index in [9.17, 15) is 9.59 Å². The van der Waals surface area contributed by atoms with Gasteiger partial charge in [-0.25, -0.2) is 4.98 Å². The molecule has 26 heavy (non-hydrogen) atoms. The van der Waals surface area contributed by atoms with Gasteiger partial charge in [0.05, 0.1) is 18.2 Å². The molecule has 1 saturated heterocycles. The van der Waals surface area contributed by atoms with Crippen LogP contribution in [0.1, 0.15) is 48.9 Å². The maximum Gasteiger partial charge on any atom is 0.264 e. The van der Waals surface area contributed by atoms with Crippen molar-refractivity contribution in [1.82, 2.24) is 20.3 Å². The molecule has 0 radical (unpaired) electrons. The number of carbonyl (C=O) groups is 1. The van der Waals surface area contributed by atoms with E-state index < -0.39 is 11.5 Å². The Balaban J connectivity index is 1.45. The molecule has 0 aromatic carbocycles. The molecule has 0 bridgehead atoms. The summed E-state index contributed by atoms with van der Waals surface area (Å²) in [5.41, 5.74) is 0.0164. The van der Waals surface area contributed by atoms with E-state index in [0.29, 0.717) is 18.1 Å². The molecular formula is C19H22N4O3. The van der Waals surface area contributed by atoms with Crippen LogP contribution in [0.5, 0.6) is 0 Å². The molecule has 1 amide bonds. The van der Waals surface area contributed by atoms with Gasteiger partial charge in [-0.1, -0.05) is 25.3 Å². The summed E-state index contributed by atoms with van der Waals surface area (Å²) in [6.07, 6.45) is 9.47. The third-order valence-electron chi connectivity index (χ3n) is 5.26. The number of nitrogens with zero attached hydrogens (tertiary/aromatic N) is 2. The summed E-state index contributed by atoms with van der Waals surface area (Å²) >= 11 is 0. The van der Waals surface area contributed by atoms with Crippen molar-refractivity contribution < 1.29 is 9.53 Å². The summed E-state index contributed by atoms with van der Waals surface area (Å²) in [4.78, 5) is 35.8. The lowest BCUT2D eigenvalue weighted by Crippen LogP contribution is -2.39. The second kappa shape index (κ2) is 6.99. The van der Waals surface area contributed by atoms with Crippen LogP contribution in [-0.4, -0.2) is 39.1 Å². The highest BCUT2D eigenvalue weighted by molar-refractivity contribution is 5.93. The Labute approximate surface area is 151 Å². The Bertz CT molecular complexity index is 843. The van der Waals surface area contributed by atoms with Gasteiger partial charge in [-0.3, -0.25) is 14.6 Å². The number of nitrogens with one attached hydrogen (secondary N) is 2. The van der Waals surface area contributed by atoms with Crippen molar-refractivity contribution in [3.05, 3.63) is 46.5 Å². The van der Waals surface area contributed by atoms with E-state index in [1.165, 1.54) is 25.5 Å². The Morgan fingerprint density at radius 3 is 2.81 bits per heavy atom. The molecule has 2 N–H and O–H groups in total. The molecule has 136 valence electrons. The van der Waals surface area contributed by atoms with Gasteiger partial charge in [-0.05, 0) is 31.4 Å². The van der Waals surface area contributed by atoms with Gasteiger partial charge in [0.15, 0.2) is 5.82 Å². The first-order chi connectivity index (χ1) is 12.7. The smallest absolute Gasteiger partial charge is 0.264 e. The Kier molecular flexibility index (Phi) is 4.55. The number of H-pyrrole nitrogens is 1. The van der Waals surface area contributed by atoms with Crippen LogP contribution in [0.25, 0.3) is 11.5 Å². The summed E-state index contributed by atoms with van der Waals surface area (Å²) in [7, 11) is 0. The lowest BCUT2D eigenvalue weighted by atomic mass is 9.82. The predicted octanol–water partition coefficient (Wildman–Crippen LogP) is 2.05. The van der Waals surface area contributed by atoms with Gasteiger partial charge < -0.3 is 15.0 Å². The second-order valence-corrected chi connectivity index (χ2v) is 7.12. The fourth-order valence-electron chi connectivity index (χ4n) is 3.93. The van der Waals surface area contributed by atoms with Crippen molar-refractivity contribution in [2.24, 2.45) is 0 Å². The van der Waals surface area contributed by atoms with Crippen LogP contribution < -0.4 is 10.9 Å². The average Bonchev–Trinajstić information content (AvgIpc) is 3.04. The highest BCUT2D eigenvalue weighted by Crippen LogP contribution is 2.39. The van der Waals surface area contributed by atoms with Crippen LogP contribution in [0.4, 0.5) is 0 Å². The van der Waals surface area contributed by atoms with Crippen molar-refractivity contribution in [3.8, 4) is 11.5 Å². The Morgan fingerprint density at radius 1 is 1.23 bits per heavy atom. The molecule has 3 heterocycles. The molecule has 1 aliphatic carbocycles. The summed E-state index contributed by atoms with van der Waals surface area (Å²) in [6, 6.07) is 5.28. The quantitative estimate of drug-likeness (QED) is 0.879. The van der Waals surface area contributed by atoms with Crippen molar-refractivity contribution in [1.29, 1.82) is 0 Å². The van der Waals surface area contributed by atoms with E-state index in [0.717, 1.165) is 19.3 Å². The molecule has 2 aromatic rings. The second-order valence-electron chi connectivity index (χ2n) is 7.12. The first kappa shape index (κ1) is 16.9. The van der Waals surface area contributed by atoms with Gasteiger partial charge >= 0.3 is 0 Å². The third-order valence-corrected chi connectivity index (χ3v) is 5.26. The first-order valence-electron chi connectivity index (χ1n) is 9.11. The minimum atomic E-state index is -0.468. The summed E-state index contributed by atoms with van der Waals surface area (Å²) in [5.74, 6) is -0.0645. The number of amides is 1. The van der Waals surface area contributed by atoms with E-state index >= 15 is 0 Å². The molecule has 7 heteroatoms. The molecule has 2 aliphatic rings. The fraction of sp³-hybridized carbons (Fsp3) is 0.474. The first-order valence-corrected chi connectivity index (χ1v) is 9.11. The van der Waals surface area contributed by atoms with E-state index in [1.807, 2.05) is 6.07 Å². The van der Waals surface area contributed by atoms with E-state index in [-0.39, 0.29) is 17.2 Å². The lowest BCUT2D eigenvalue weighted by Gasteiger charge is -2.32. The van der Waals surface area contributed by atoms with Gasteiger partial charge in [0, 0.05) is 12.4 Å². The minimum Gasteiger partial charge on any atom is -0.373 e. The number of ether oxygens (including phenoxy) is 1. The molecular weight excluding hydrogens is 332 g/mol. The van der Waals surface area contributed by atoms with E-state index in [4.69, 9.17) is 4.74 Å². The zero-order chi connectivity index (χ0) is 18.0. The van der Waals surface area contributed by atoms with Crippen LogP contribution in [-0.2, 0) is 4.74 Å². The summed E-state index contributed by atoms with van der Waals surface area (Å²) in [6.45, 7) is 0.503. The maximum atomic E-state index is 12.5. The predicted molar refractivity (Wildman–Crippen MR) is 95.7 cm³/mol. The molecule has 2 aromatic heterocycles. The molecule has 1 saturated carbocycles. The zero-order valence-electron chi connectivity index (χ0n) is 14.5. The number of hydrogen-bond donors (Lipinski definition) is 2. The molecule has 4 rings (SSSR count). The Morgan fingerprint density at radius 2 is 2.08 bits per heavy atom. The topological polar surface area (TPSA) is 97.0 Å². The van der Waals surface area contributed by atoms with Gasteiger partial charge in [-0.2, -0.15) is 0 Å². The van der Waals surface area contributed by atoms with Crippen LogP contribution in [0, 0.1) is 0 Å². The van der Waals surface area contributed by atoms with Gasteiger partial charge in [0.1, 0.15) is 11.3 Å². The number of aromatic amines is 1. The maximum absolute atomic E-state index is 12.5. The van der Waals surface area contributed by atoms with E-state index in [2.05, 4.69) is 20.3 Å². The van der Waals surface area contributed by atoms with E-state index in [1.54, 1.807) is 18.3 Å². The zero-order valence-corrected chi connectivity index (χ0v) is 14.5. The highest BCUT2D eigenvalue weighted by atomic mass is 16.5. The highest BCUT2D eigenvalue weighted by Gasteiger charge is 2.41. The standard InChI is InChI=1S/C19H22N4O3/c24-17(22-13-10-19(26-12-13)7-3-1-4-8-19)14-11-21-16(23-18(14)25)15-6-2-5-9-20-15/h2,5-6,9,11,13H,1,3-4,7-8,10,12H2,(H,22,24)(H,21,23,25)/t13-/m0/s1. The van der Waals surface area contributed by atoms with Crippen molar-refractivity contribution >= 4 is 5.91 Å². The lowest BCUT2D eigenvalue weighted by molar-refractivity contribution is -0.0246. The minimum absolute atomic E-state index is 0.00859. The normalized spacial score (nSPS) is 21.6. The van der Waals surface area contributed by atoms with Crippen molar-refractivity contribution in [3.63, 3.8) is 0 Å². The van der Waals surface area contributed by atoms with Crippen LogP contribution in [0.3, 0.4) is 0 Å². The van der Waals surface area contributed by atoms with Crippen LogP contribution >= 0.6 is 0 Å². The average molecular weight is 354 g/mol. The Hall–Kier alpha value is -2.54. The molecule has 2 fully saturated rings. The molecule has 1 spiro atoms. The monoisotopic (exact) mass is 354 g/mol. The number of hydrogen-bond acceptors (Lipinski definition) is 5. The molecule has 0 unspecified atom stereocenters. The number of aromatic nitrogens is 3. The largest absolute Gasteiger partial charge is 0.373 e. The SMILES string of the molecule is O=C(N[C@@H]1COC2(CCCCC2)C1)c1cnc(-c2ccccn2)[nH]c1=O. The molecule has 7 nitrogen and oxygen atoms in total. The van der Waals surface area contributed by atoms with Gasteiger partial charge in [-0.15, -0.1) is 0 Å². The summed E-state index contributed by atoms with van der Waals surface area (Å²) in [5, 5.41) is 2.93. The number of carbonyl (C=O) groups excluding carboxylic acids is 1. The fourth-order valence-corrected chi connectivity index (χ4v) is 3.93. The van der Waals surface area contributed by atoms with Crippen LogP contribution in [0.2, 0.25) is 0 Å².